The third kappa shape index (κ3) is 2.63. The molecule has 0 aliphatic carbocycles. The lowest BCUT2D eigenvalue weighted by Crippen LogP contribution is -2.57. The van der Waals surface area contributed by atoms with Crippen LogP contribution in [0.4, 0.5) is 5.69 Å². The van der Waals surface area contributed by atoms with Crippen molar-refractivity contribution >= 4 is 17.3 Å². The highest BCUT2D eigenvalue weighted by Gasteiger charge is 2.31. The van der Waals surface area contributed by atoms with Crippen LogP contribution in [-0.4, -0.2) is 42.2 Å². The highest BCUT2D eigenvalue weighted by molar-refractivity contribution is 6.30. The molecule has 4 heteroatoms. The molecule has 1 fully saturated rings. The van der Waals surface area contributed by atoms with Gasteiger partial charge in [0.25, 0.3) is 0 Å². The summed E-state index contributed by atoms with van der Waals surface area (Å²) in [5.41, 5.74) is 2.14. The number of aliphatic hydroxyl groups excluding tert-OH is 1. The summed E-state index contributed by atoms with van der Waals surface area (Å²) in [7, 11) is 2.16. The maximum atomic E-state index is 9.44. The molecule has 2 rings (SSSR count). The minimum atomic E-state index is 0.0548. The predicted molar refractivity (Wildman–Crippen MR) is 76.3 cm³/mol. The van der Waals surface area contributed by atoms with Crippen molar-refractivity contribution in [2.45, 2.75) is 26.0 Å². The first kappa shape index (κ1) is 13.7. The van der Waals surface area contributed by atoms with Crippen LogP contribution in [0.3, 0.4) is 0 Å². The lowest BCUT2D eigenvalue weighted by Gasteiger charge is -2.46. The maximum Gasteiger partial charge on any atom is 0.0702 e. The summed E-state index contributed by atoms with van der Waals surface area (Å²) in [4.78, 5) is 4.68. The Morgan fingerprint density at radius 1 is 1.33 bits per heavy atom. The van der Waals surface area contributed by atoms with Gasteiger partial charge >= 0.3 is 0 Å². The molecule has 0 aromatic heterocycles. The zero-order valence-electron chi connectivity index (χ0n) is 11.3. The molecule has 100 valence electrons. The van der Waals surface area contributed by atoms with Crippen LogP contribution in [0.15, 0.2) is 18.2 Å². The van der Waals surface area contributed by atoms with Crippen molar-refractivity contribution in [2.75, 3.05) is 31.6 Å². The lowest BCUT2D eigenvalue weighted by molar-refractivity contribution is 0.138. The molecule has 0 bridgehead atoms. The zero-order valence-corrected chi connectivity index (χ0v) is 12.0. The van der Waals surface area contributed by atoms with Gasteiger partial charge in [-0.25, -0.2) is 0 Å². The number of hydrogen-bond acceptors (Lipinski definition) is 3. The van der Waals surface area contributed by atoms with Crippen LogP contribution in [0, 0.1) is 0 Å². The van der Waals surface area contributed by atoms with E-state index >= 15 is 0 Å². The highest BCUT2D eigenvalue weighted by atomic mass is 35.5. The molecule has 1 heterocycles. The summed E-state index contributed by atoms with van der Waals surface area (Å²) < 4.78 is 0. The zero-order chi connectivity index (χ0) is 13.3. The Bertz CT molecular complexity index is 434. The normalized spacial score (nSPS) is 20.2. The van der Waals surface area contributed by atoms with Gasteiger partial charge in [0.1, 0.15) is 0 Å². The Morgan fingerprint density at radius 3 is 2.67 bits per heavy atom. The third-order valence-electron chi connectivity index (χ3n) is 3.87. The van der Waals surface area contributed by atoms with Crippen molar-refractivity contribution < 1.29 is 5.11 Å². The van der Waals surface area contributed by atoms with Crippen molar-refractivity contribution in [2.24, 2.45) is 0 Å². The number of nitrogens with zero attached hydrogens (tertiary/aromatic N) is 2. The SMILES string of the molecule is CN1CCN(c2cc(Cl)ccc2CO)CC1(C)C. The molecule has 18 heavy (non-hydrogen) atoms. The molecule has 0 spiro atoms. The standard InChI is InChI=1S/C14H21ClN2O/c1-14(2)10-17(7-6-16(14)3)13-8-12(15)5-4-11(13)9-18/h4-5,8,18H,6-7,9-10H2,1-3H3. The summed E-state index contributed by atoms with van der Waals surface area (Å²) in [5.74, 6) is 0. The average Bonchev–Trinajstić information content (AvgIpc) is 2.32. The molecule has 1 aliphatic heterocycles. The van der Waals surface area contributed by atoms with Gasteiger partial charge in [0.05, 0.1) is 6.61 Å². The molecule has 0 unspecified atom stereocenters. The van der Waals surface area contributed by atoms with Crippen molar-refractivity contribution in [3.05, 3.63) is 28.8 Å². The second-order valence-corrected chi connectivity index (χ2v) is 6.02. The summed E-state index contributed by atoms with van der Waals surface area (Å²) in [6.07, 6.45) is 0. The Balaban J connectivity index is 2.29. The van der Waals surface area contributed by atoms with E-state index in [0.717, 1.165) is 35.9 Å². The largest absolute Gasteiger partial charge is 0.392 e. The van der Waals surface area contributed by atoms with E-state index in [0.29, 0.717) is 0 Å². The van der Waals surface area contributed by atoms with Crippen molar-refractivity contribution in [1.29, 1.82) is 0 Å². The van der Waals surface area contributed by atoms with Gasteiger partial charge in [-0.3, -0.25) is 4.90 Å². The number of likely N-dealkylation sites (N-methyl/N-ethyl adjacent to an activating group) is 1. The third-order valence-corrected chi connectivity index (χ3v) is 4.11. The van der Waals surface area contributed by atoms with Gasteiger partial charge in [0, 0.05) is 41.4 Å². The molecule has 0 radical (unpaired) electrons. The topological polar surface area (TPSA) is 26.7 Å². The fraction of sp³-hybridized carbons (Fsp3) is 0.571. The minimum absolute atomic E-state index is 0.0548. The Morgan fingerprint density at radius 2 is 2.06 bits per heavy atom. The Labute approximate surface area is 114 Å². The number of aliphatic hydroxyl groups is 1. The Hall–Kier alpha value is -0.770. The van der Waals surface area contributed by atoms with Crippen LogP contribution in [0.25, 0.3) is 0 Å². The Kier molecular flexibility index (Phi) is 3.85. The second-order valence-electron chi connectivity index (χ2n) is 5.59. The first-order valence-corrected chi connectivity index (χ1v) is 6.67. The fourth-order valence-corrected chi connectivity index (χ4v) is 2.58. The van der Waals surface area contributed by atoms with Gasteiger partial charge in [0.2, 0.25) is 0 Å². The lowest BCUT2D eigenvalue weighted by atomic mass is 9.98. The van der Waals surface area contributed by atoms with E-state index in [1.165, 1.54) is 0 Å². The molecule has 1 aromatic rings. The van der Waals surface area contributed by atoms with Crippen molar-refractivity contribution in [3.63, 3.8) is 0 Å². The average molecular weight is 269 g/mol. The molecule has 1 saturated heterocycles. The number of piperazine rings is 1. The van der Waals surface area contributed by atoms with Crippen LogP contribution in [0.2, 0.25) is 5.02 Å². The van der Waals surface area contributed by atoms with Gasteiger partial charge in [-0.05, 0) is 33.0 Å². The van der Waals surface area contributed by atoms with E-state index in [1.807, 2.05) is 18.2 Å². The number of rotatable bonds is 2. The van der Waals surface area contributed by atoms with E-state index < -0.39 is 0 Å². The van der Waals surface area contributed by atoms with Gasteiger partial charge < -0.3 is 10.0 Å². The van der Waals surface area contributed by atoms with Crippen LogP contribution in [0.1, 0.15) is 19.4 Å². The predicted octanol–water partition coefficient (Wildman–Crippen LogP) is 2.36. The van der Waals surface area contributed by atoms with E-state index in [2.05, 4.69) is 30.7 Å². The van der Waals surface area contributed by atoms with Gasteiger partial charge in [-0.2, -0.15) is 0 Å². The fourth-order valence-electron chi connectivity index (χ4n) is 2.41. The van der Waals surface area contributed by atoms with Crippen LogP contribution in [0.5, 0.6) is 0 Å². The summed E-state index contributed by atoms with van der Waals surface area (Å²) in [6.45, 7) is 7.46. The number of halogens is 1. The summed E-state index contributed by atoms with van der Waals surface area (Å²) >= 11 is 6.07. The molecule has 0 saturated carbocycles. The molecule has 1 N–H and O–H groups in total. The number of anilines is 1. The quantitative estimate of drug-likeness (QED) is 0.892. The van der Waals surface area contributed by atoms with Gasteiger partial charge in [0.15, 0.2) is 0 Å². The molecule has 1 aromatic carbocycles. The monoisotopic (exact) mass is 268 g/mol. The summed E-state index contributed by atoms with van der Waals surface area (Å²) in [6, 6.07) is 5.69. The van der Waals surface area contributed by atoms with Crippen LogP contribution < -0.4 is 4.90 Å². The second kappa shape index (κ2) is 5.08. The first-order chi connectivity index (χ1) is 8.44. The van der Waals surface area contributed by atoms with Crippen LogP contribution >= 0.6 is 11.6 Å². The number of hydrogen-bond donors (Lipinski definition) is 1. The molecule has 0 atom stereocenters. The number of benzene rings is 1. The van der Waals surface area contributed by atoms with Gasteiger partial charge in [-0.1, -0.05) is 17.7 Å². The van der Waals surface area contributed by atoms with E-state index in [1.54, 1.807) is 0 Å². The van der Waals surface area contributed by atoms with E-state index in [9.17, 15) is 5.11 Å². The molecule has 0 amide bonds. The highest BCUT2D eigenvalue weighted by Crippen LogP contribution is 2.29. The van der Waals surface area contributed by atoms with E-state index in [-0.39, 0.29) is 12.1 Å². The minimum Gasteiger partial charge on any atom is -0.392 e. The molecule has 1 aliphatic rings. The van der Waals surface area contributed by atoms with Crippen molar-refractivity contribution in [1.82, 2.24) is 4.90 Å². The van der Waals surface area contributed by atoms with Crippen LogP contribution in [-0.2, 0) is 6.61 Å². The first-order valence-electron chi connectivity index (χ1n) is 6.29. The van der Waals surface area contributed by atoms with Crippen molar-refractivity contribution in [3.8, 4) is 0 Å². The molecular weight excluding hydrogens is 248 g/mol. The molecular formula is C14H21ClN2O. The molecule has 3 nitrogen and oxygen atoms in total. The summed E-state index contributed by atoms with van der Waals surface area (Å²) in [5, 5.41) is 10.2. The maximum absolute atomic E-state index is 9.44. The van der Waals surface area contributed by atoms with Gasteiger partial charge in [-0.15, -0.1) is 0 Å². The van der Waals surface area contributed by atoms with E-state index in [4.69, 9.17) is 11.6 Å². The smallest absolute Gasteiger partial charge is 0.0702 e.